The second kappa shape index (κ2) is 5.19. The van der Waals surface area contributed by atoms with E-state index in [1.165, 1.54) is 36.4 Å². The second-order valence-corrected chi connectivity index (χ2v) is 7.47. The van der Waals surface area contributed by atoms with Crippen molar-refractivity contribution in [2.24, 2.45) is 5.41 Å². The fourth-order valence-corrected chi connectivity index (χ4v) is 5.19. The summed E-state index contributed by atoms with van der Waals surface area (Å²) in [5.41, 5.74) is -1.35. The maximum absolute atomic E-state index is 13.4. The Kier molecular flexibility index (Phi) is 3.43. The van der Waals surface area contributed by atoms with Gasteiger partial charge in [-0.05, 0) is 29.8 Å². The molecule has 0 aliphatic heterocycles. The maximum Gasteiger partial charge on any atom is 0.184 e. The van der Waals surface area contributed by atoms with Gasteiger partial charge in [-0.15, -0.1) is 0 Å². The Morgan fingerprint density at radius 2 is 1.65 bits per heavy atom. The summed E-state index contributed by atoms with van der Waals surface area (Å²) in [7, 11) is -3.88. The molecule has 1 saturated carbocycles. The van der Waals surface area contributed by atoms with E-state index in [0.29, 0.717) is 5.56 Å². The monoisotopic (exact) mass is 326 g/mol. The van der Waals surface area contributed by atoms with Crippen molar-refractivity contribution in [2.75, 3.05) is 0 Å². The molecule has 2 atom stereocenters. The van der Waals surface area contributed by atoms with E-state index >= 15 is 0 Å². The van der Waals surface area contributed by atoms with Crippen LogP contribution in [0.2, 0.25) is 0 Å². The number of nitriles is 2. The molecule has 3 rings (SSSR count). The molecule has 1 aliphatic carbocycles. The Morgan fingerprint density at radius 3 is 2.22 bits per heavy atom. The minimum absolute atomic E-state index is 0.0544. The fourth-order valence-electron chi connectivity index (χ4n) is 2.97. The largest absolute Gasteiger partial charge is 0.223 e. The molecule has 0 amide bonds. The van der Waals surface area contributed by atoms with Crippen molar-refractivity contribution in [3.63, 3.8) is 0 Å². The molecule has 6 heteroatoms. The fraction of sp³-hybridized carbons (Fsp3) is 0.176. The van der Waals surface area contributed by atoms with Gasteiger partial charge in [0.15, 0.2) is 15.3 Å². The molecular formula is C17H11FN2O2S. The normalized spacial score (nSPS) is 21.9. The lowest BCUT2D eigenvalue weighted by molar-refractivity contribution is 0.591. The van der Waals surface area contributed by atoms with Crippen LogP contribution in [0, 0.1) is 33.9 Å². The van der Waals surface area contributed by atoms with E-state index in [0.717, 1.165) is 0 Å². The Labute approximate surface area is 133 Å². The molecule has 114 valence electrons. The Morgan fingerprint density at radius 1 is 1.00 bits per heavy atom. The van der Waals surface area contributed by atoms with Gasteiger partial charge in [0.25, 0.3) is 0 Å². The van der Waals surface area contributed by atoms with E-state index in [-0.39, 0.29) is 4.90 Å². The molecule has 0 bridgehead atoms. The van der Waals surface area contributed by atoms with Crippen LogP contribution in [0.5, 0.6) is 0 Å². The number of halogens is 1. The summed E-state index contributed by atoms with van der Waals surface area (Å²) in [5.74, 6) is -1.39. The lowest BCUT2D eigenvalue weighted by Gasteiger charge is -2.03. The van der Waals surface area contributed by atoms with Crippen molar-refractivity contribution in [3.8, 4) is 12.1 Å². The van der Waals surface area contributed by atoms with Crippen molar-refractivity contribution in [1.29, 1.82) is 10.5 Å². The maximum atomic E-state index is 13.4. The zero-order valence-corrected chi connectivity index (χ0v) is 12.7. The quantitative estimate of drug-likeness (QED) is 0.868. The van der Waals surface area contributed by atoms with Crippen molar-refractivity contribution in [2.45, 2.75) is 16.1 Å². The summed E-state index contributed by atoms with van der Waals surface area (Å²) in [4.78, 5) is 0.0544. The van der Waals surface area contributed by atoms with E-state index < -0.39 is 32.2 Å². The molecular weight excluding hydrogens is 315 g/mol. The summed E-state index contributed by atoms with van der Waals surface area (Å²) in [6.45, 7) is 0. The zero-order chi connectivity index (χ0) is 16.7. The first-order valence-electron chi connectivity index (χ1n) is 6.84. The Bertz CT molecular complexity index is 929. The standard InChI is InChI=1S/C17H11FN2O2S/c18-13-6-4-5-12(9-13)15-16(17(15,10-19)11-20)23(21,22)14-7-2-1-3-8-14/h1-9,15-16H/t15-,16+/m0/s1. The first-order valence-corrected chi connectivity index (χ1v) is 8.39. The Hall–Kier alpha value is -2.70. The minimum atomic E-state index is -3.88. The highest BCUT2D eigenvalue weighted by Gasteiger charge is 2.73. The molecule has 4 nitrogen and oxygen atoms in total. The number of hydrogen-bond donors (Lipinski definition) is 0. The van der Waals surface area contributed by atoms with Gasteiger partial charge in [-0.3, -0.25) is 0 Å². The van der Waals surface area contributed by atoms with E-state index in [1.54, 1.807) is 18.2 Å². The predicted molar refractivity (Wildman–Crippen MR) is 80.2 cm³/mol. The average molecular weight is 326 g/mol. The predicted octanol–water partition coefficient (Wildman–Crippen LogP) is 2.80. The molecule has 2 aromatic carbocycles. The lowest BCUT2D eigenvalue weighted by atomic mass is 10.0. The molecule has 0 spiro atoms. The smallest absolute Gasteiger partial charge is 0.184 e. The third kappa shape index (κ3) is 2.19. The average Bonchev–Trinajstić information content (AvgIpc) is 3.26. The molecule has 23 heavy (non-hydrogen) atoms. The zero-order valence-electron chi connectivity index (χ0n) is 11.8. The molecule has 1 aliphatic rings. The van der Waals surface area contributed by atoms with Crippen LogP contribution in [-0.2, 0) is 9.84 Å². The van der Waals surface area contributed by atoms with Crippen LogP contribution >= 0.6 is 0 Å². The number of benzene rings is 2. The van der Waals surface area contributed by atoms with Gasteiger partial charge in [0.05, 0.1) is 17.0 Å². The number of rotatable bonds is 3. The molecule has 0 radical (unpaired) electrons. The molecule has 0 aromatic heterocycles. The summed E-state index contributed by atoms with van der Waals surface area (Å²) in [6, 6.07) is 16.7. The summed E-state index contributed by atoms with van der Waals surface area (Å²) >= 11 is 0. The summed E-state index contributed by atoms with van der Waals surface area (Å²) in [6.07, 6.45) is 0. The molecule has 1 fully saturated rings. The summed E-state index contributed by atoms with van der Waals surface area (Å²) < 4.78 is 39.0. The first-order chi connectivity index (χ1) is 11.0. The van der Waals surface area contributed by atoms with Crippen molar-refractivity contribution in [3.05, 3.63) is 66.0 Å². The highest BCUT2D eigenvalue weighted by atomic mass is 32.2. The van der Waals surface area contributed by atoms with Crippen molar-refractivity contribution >= 4 is 9.84 Å². The van der Waals surface area contributed by atoms with Gasteiger partial charge in [0.1, 0.15) is 11.1 Å². The van der Waals surface area contributed by atoms with Crippen LogP contribution in [0.25, 0.3) is 0 Å². The molecule has 0 unspecified atom stereocenters. The highest BCUT2D eigenvalue weighted by Crippen LogP contribution is 2.63. The molecule has 0 saturated heterocycles. The SMILES string of the molecule is N#CC1(C#N)[C@H](S(=O)(=O)c2ccccc2)[C@@H]1c1cccc(F)c1. The van der Waals surface area contributed by atoms with Gasteiger partial charge in [-0.1, -0.05) is 30.3 Å². The van der Waals surface area contributed by atoms with E-state index in [9.17, 15) is 23.3 Å². The van der Waals surface area contributed by atoms with Gasteiger partial charge >= 0.3 is 0 Å². The lowest BCUT2D eigenvalue weighted by Crippen LogP contribution is -2.14. The number of nitrogens with zero attached hydrogens (tertiary/aromatic N) is 2. The molecule has 2 aromatic rings. The number of hydrogen-bond acceptors (Lipinski definition) is 4. The third-order valence-electron chi connectivity index (χ3n) is 4.12. The van der Waals surface area contributed by atoms with Gasteiger partial charge in [0, 0.05) is 5.92 Å². The molecule has 0 heterocycles. The van der Waals surface area contributed by atoms with E-state index in [2.05, 4.69) is 0 Å². The van der Waals surface area contributed by atoms with Gasteiger partial charge in [-0.2, -0.15) is 10.5 Å². The van der Waals surface area contributed by atoms with Crippen LogP contribution in [0.3, 0.4) is 0 Å². The minimum Gasteiger partial charge on any atom is -0.223 e. The van der Waals surface area contributed by atoms with Crippen molar-refractivity contribution in [1.82, 2.24) is 0 Å². The Balaban J connectivity index is 2.12. The summed E-state index contributed by atoms with van der Waals surface area (Å²) in [5, 5.41) is 17.6. The van der Waals surface area contributed by atoms with Gasteiger partial charge < -0.3 is 0 Å². The first kappa shape index (κ1) is 15.2. The molecule has 0 N–H and O–H groups in total. The van der Waals surface area contributed by atoms with Gasteiger partial charge in [-0.25, -0.2) is 12.8 Å². The van der Waals surface area contributed by atoms with E-state index in [4.69, 9.17) is 0 Å². The third-order valence-corrected chi connectivity index (χ3v) is 6.36. The topological polar surface area (TPSA) is 81.7 Å². The van der Waals surface area contributed by atoms with Crippen molar-refractivity contribution < 1.29 is 12.8 Å². The van der Waals surface area contributed by atoms with Gasteiger partial charge in [0.2, 0.25) is 0 Å². The second-order valence-electron chi connectivity index (χ2n) is 5.40. The number of sulfone groups is 1. The van der Waals surface area contributed by atoms with E-state index in [1.807, 2.05) is 12.1 Å². The highest BCUT2D eigenvalue weighted by molar-refractivity contribution is 7.92. The van der Waals surface area contributed by atoms with Crippen LogP contribution in [0.1, 0.15) is 11.5 Å². The van der Waals surface area contributed by atoms with Crippen LogP contribution in [0.15, 0.2) is 59.5 Å². The van der Waals surface area contributed by atoms with Crippen LogP contribution in [0.4, 0.5) is 4.39 Å². The van der Waals surface area contributed by atoms with Crippen LogP contribution < -0.4 is 0 Å². The van der Waals surface area contributed by atoms with Crippen LogP contribution in [-0.4, -0.2) is 13.7 Å².